The summed E-state index contributed by atoms with van der Waals surface area (Å²) >= 11 is 0. The van der Waals surface area contributed by atoms with Crippen molar-refractivity contribution in [2.75, 3.05) is 16.8 Å². The third-order valence-corrected chi connectivity index (χ3v) is 10.4. The number of fused-ring (bicyclic) bond motifs is 2. The predicted molar refractivity (Wildman–Crippen MR) is 222 cm³/mol. The monoisotopic (exact) mass is 654 g/mol. The fourth-order valence-corrected chi connectivity index (χ4v) is 7.93. The number of anilines is 5. The zero-order valence-electron chi connectivity index (χ0n) is 29.1. The molecule has 244 valence electrons. The fourth-order valence-electron chi connectivity index (χ4n) is 7.93. The molecule has 2 heteroatoms. The van der Waals surface area contributed by atoms with Gasteiger partial charge in [0.2, 0.25) is 0 Å². The Morgan fingerprint density at radius 1 is 0.451 bits per heavy atom. The number of hydrogen-bond acceptors (Lipinski definition) is 2. The minimum absolute atomic E-state index is 1.13. The molecule has 9 rings (SSSR count). The molecule has 0 radical (unpaired) electrons. The van der Waals surface area contributed by atoms with Crippen molar-refractivity contribution in [1.82, 2.24) is 0 Å². The van der Waals surface area contributed by atoms with Crippen LogP contribution in [-0.4, -0.2) is 7.05 Å². The largest absolute Gasteiger partial charge is 0.344 e. The van der Waals surface area contributed by atoms with E-state index in [4.69, 9.17) is 0 Å². The number of allylic oxidation sites excluding steroid dienone is 1. The molecule has 0 bridgehead atoms. The Balaban J connectivity index is 1.04. The van der Waals surface area contributed by atoms with Gasteiger partial charge in [0.05, 0.1) is 0 Å². The Bertz CT molecular complexity index is 2660. The average molecular weight is 655 g/mol. The van der Waals surface area contributed by atoms with Crippen LogP contribution in [0.15, 0.2) is 170 Å². The van der Waals surface area contributed by atoms with Crippen molar-refractivity contribution in [3.8, 4) is 11.1 Å². The van der Waals surface area contributed by atoms with Gasteiger partial charge in [-0.2, -0.15) is 0 Å². The van der Waals surface area contributed by atoms with E-state index in [0.29, 0.717) is 0 Å². The lowest BCUT2D eigenvalue weighted by atomic mass is 9.89. The zero-order chi connectivity index (χ0) is 34.5. The van der Waals surface area contributed by atoms with Crippen LogP contribution >= 0.6 is 0 Å². The summed E-state index contributed by atoms with van der Waals surface area (Å²) in [6.07, 6.45) is 4.26. The SMILES string of the molecule is C/C=C\c1ccc(N(c2ccccc2)c2ccc(-c3ccc(N(C)c4ccc5c6cccc7cccc(c8cccc4c85)c76)cc3)cc2)cc1C. The van der Waals surface area contributed by atoms with Gasteiger partial charge in [-0.3, -0.25) is 0 Å². The molecule has 9 aromatic rings. The van der Waals surface area contributed by atoms with Crippen molar-refractivity contribution >= 4 is 77.6 Å². The molecule has 0 fully saturated rings. The number of nitrogens with zero attached hydrogens (tertiary/aromatic N) is 2. The second-order valence-corrected chi connectivity index (χ2v) is 13.4. The Hall–Kier alpha value is -6.38. The molecular weight excluding hydrogens is 617 g/mol. The first kappa shape index (κ1) is 30.7. The lowest BCUT2D eigenvalue weighted by Gasteiger charge is -2.26. The summed E-state index contributed by atoms with van der Waals surface area (Å²) in [4.78, 5) is 4.64. The van der Waals surface area contributed by atoms with Gasteiger partial charge in [-0.1, -0.05) is 121 Å². The van der Waals surface area contributed by atoms with Gasteiger partial charge in [0.1, 0.15) is 0 Å². The second kappa shape index (κ2) is 12.5. The van der Waals surface area contributed by atoms with E-state index in [-0.39, 0.29) is 0 Å². The Kier molecular flexibility index (Phi) is 7.51. The van der Waals surface area contributed by atoms with E-state index >= 15 is 0 Å². The molecule has 9 aromatic carbocycles. The first-order valence-corrected chi connectivity index (χ1v) is 17.7. The highest BCUT2D eigenvalue weighted by atomic mass is 15.1. The van der Waals surface area contributed by atoms with E-state index in [0.717, 1.165) is 22.7 Å². The maximum atomic E-state index is 2.33. The molecule has 51 heavy (non-hydrogen) atoms. The molecule has 2 nitrogen and oxygen atoms in total. The molecule has 0 aliphatic heterocycles. The summed E-state index contributed by atoms with van der Waals surface area (Å²) in [6, 6.07) is 59.9. The lowest BCUT2D eigenvalue weighted by molar-refractivity contribution is 1.22. The van der Waals surface area contributed by atoms with Crippen LogP contribution in [0.2, 0.25) is 0 Å². The van der Waals surface area contributed by atoms with Crippen molar-refractivity contribution in [3.05, 3.63) is 181 Å². The van der Waals surface area contributed by atoms with Crippen LogP contribution in [-0.2, 0) is 0 Å². The van der Waals surface area contributed by atoms with Crippen molar-refractivity contribution < 1.29 is 0 Å². The maximum absolute atomic E-state index is 2.33. The molecule has 0 spiro atoms. The molecule has 0 unspecified atom stereocenters. The van der Waals surface area contributed by atoms with Gasteiger partial charge < -0.3 is 9.80 Å². The first-order chi connectivity index (χ1) is 25.1. The van der Waals surface area contributed by atoms with Gasteiger partial charge in [-0.25, -0.2) is 0 Å². The normalized spacial score (nSPS) is 11.7. The van der Waals surface area contributed by atoms with Crippen molar-refractivity contribution in [2.24, 2.45) is 0 Å². The van der Waals surface area contributed by atoms with E-state index in [9.17, 15) is 0 Å². The lowest BCUT2D eigenvalue weighted by Crippen LogP contribution is -2.10. The van der Waals surface area contributed by atoms with Crippen molar-refractivity contribution in [1.29, 1.82) is 0 Å². The van der Waals surface area contributed by atoms with Crippen LogP contribution in [0.4, 0.5) is 28.4 Å². The summed E-state index contributed by atoms with van der Waals surface area (Å²) in [7, 11) is 2.18. The van der Waals surface area contributed by atoms with Crippen LogP contribution in [0.1, 0.15) is 18.1 Å². The summed E-state index contributed by atoms with van der Waals surface area (Å²) in [5.41, 5.74) is 10.6. The summed E-state index contributed by atoms with van der Waals surface area (Å²) in [5, 5.41) is 10.5. The second-order valence-electron chi connectivity index (χ2n) is 13.4. The number of hydrogen-bond donors (Lipinski definition) is 0. The van der Waals surface area contributed by atoms with Crippen LogP contribution in [0.3, 0.4) is 0 Å². The Morgan fingerprint density at radius 2 is 1.00 bits per heavy atom. The highest BCUT2D eigenvalue weighted by molar-refractivity contribution is 6.34. The van der Waals surface area contributed by atoms with Crippen LogP contribution < -0.4 is 9.80 Å². The van der Waals surface area contributed by atoms with Gasteiger partial charge in [-0.15, -0.1) is 0 Å². The minimum Gasteiger partial charge on any atom is -0.344 e. The summed E-state index contributed by atoms with van der Waals surface area (Å²) < 4.78 is 0. The van der Waals surface area contributed by atoms with Gasteiger partial charge in [0, 0.05) is 40.9 Å². The molecule has 0 saturated carbocycles. The van der Waals surface area contributed by atoms with E-state index < -0.39 is 0 Å². The standard InChI is InChI=1S/C49H38N2/c1-4-11-34-20-29-41(32-33(34)2)51(39-14-6-5-7-15-39)40-27-23-36(24-28-40)35-21-25-38(26-22-35)50(3)47-31-30-45-43-17-9-13-37-12-8-16-42(48(37)43)44-18-10-19-46(47)49(44)45/h4-32H,1-3H3/b11-4-. The van der Waals surface area contributed by atoms with Gasteiger partial charge in [0.25, 0.3) is 0 Å². The molecule has 0 aromatic heterocycles. The van der Waals surface area contributed by atoms with Gasteiger partial charge in [-0.05, 0) is 128 Å². The Morgan fingerprint density at radius 3 is 1.65 bits per heavy atom. The number of para-hydroxylation sites is 1. The first-order valence-electron chi connectivity index (χ1n) is 17.7. The average Bonchev–Trinajstić information content (AvgIpc) is 3.18. The molecule has 0 atom stereocenters. The van der Waals surface area contributed by atoms with Crippen LogP contribution in [0.5, 0.6) is 0 Å². The third kappa shape index (κ3) is 5.19. The van der Waals surface area contributed by atoms with Gasteiger partial charge in [0.15, 0.2) is 0 Å². The molecule has 0 amide bonds. The highest BCUT2D eigenvalue weighted by Gasteiger charge is 2.17. The topological polar surface area (TPSA) is 6.48 Å². The number of benzene rings is 9. The van der Waals surface area contributed by atoms with E-state index in [1.54, 1.807) is 0 Å². The van der Waals surface area contributed by atoms with E-state index in [1.807, 2.05) is 0 Å². The predicted octanol–water partition coefficient (Wildman–Crippen LogP) is 14.0. The quantitative estimate of drug-likeness (QED) is 0.125. The van der Waals surface area contributed by atoms with Crippen LogP contribution in [0.25, 0.3) is 60.3 Å². The number of aryl methyl sites for hydroxylation is 1. The van der Waals surface area contributed by atoms with Crippen LogP contribution in [0, 0.1) is 6.92 Å². The summed E-state index contributed by atoms with van der Waals surface area (Å²) in [5.74, 6) is 0. The summed E-state index contributed by atoms with van der Waals surface area (Å²) in [6.45, 7) is 4.24. The molecule has 0 heterocycles. The molecule has 0 aliphatic carbocycles. The molecule has 0 saturated heterocycles. The molecular formula is C49H38N2. The third-order valence-electron chi connectivity index (χ3n) is 10.4. The Labute approximate surface area is 299 Å². The van der Waals surface area contributed by atoms with Crippen molar-refractivity contribution in [3.63, 3.8) is 0 Å². The van der Waals surface area contributed by atoms with Crippen molar-refractivity contribution in [2.45, 2.75) is 13.8 Å². The molecule has 0 aliphatic rings. The molecule has 0 N–H and O–H groups in total. The van der Waals surface area contributed by atoms with E-state index in [1.165, 1.54) is 71.0 Å². The van der Waals surface area contributed by atoms with E-state index in [2.05, 4.69) is 207 Å². The highest BCUT2D eigenvalue weighted by Crippen LogP contribution is 2.44. The maximum Gasteiger partial charge on any atom is 0.0488 e. The smallest absolute Gasteiger partial charge is 0.0488 e. The zero-order valence-corrected chi connectivity index (χ0v) is 29.1. The fraction of sp³-hybridized carbons (Fsp3) is 0.0612. The number of rotatable bonds is 7. The minimum atomic E-state index is 1.13. The van der Waals surface area contributed by atoms with Gasteiger partial charge >= 0.3 is 0 Å².